The lowest BCUT2D eigenvalue weighted by molar-refractivity contribution is 0.625. The van der Waals surface area contributed by atoms with Crippen molar-refractivity contribution in [3.63, 3.8) is 0 Å². The summed E-state index contributed by atoms with van der Waals surface area (Å²) in [7, 11) is 0. The number of hydrogen-bond acceptors (Lipinski definition) is 2. The van der Waals surface area contributed by atoms with Crippen LogP contribution in [0.15, 0.2) is 47.1 Å². The predicted molar refractivity (Wildman–Crippen MR) is 70.5 cm³/mol. The number of hydrogen-bond donors (Lipinski definition) is 1. The van der Waals surface area contributed by atoms with Gasteiger partial charge in [0.25, 0.3) is 0 Å². The first-order valence-electron chi connectivity index (χ1n) is 5.35. The summed E-state index contributed by atoms with van der Waals surface area (Å²) in [6.07, 6.45) is 0.770. The summed E-state index contributed by atoms with van der Waals surface area (Å²) >= 11 is 3.31. The summed E-state index contributed by atoms with van der Waals surface area (Å²) in [5, 5.41) is 3.19. The van der Waals surface area contributed by atoms with Gasteiger partial charge in [-0.25, -0.2) is 9.37 Å². The summed E-state index contributed by atoms with van der Waals surface area (Å²) in [5.41, 5.74) is 0.979. The minimum absolute atomic E-state index is 0.192. The highest BCUT2D eigenvalue weighted by molar-refractivity contribution is 9.10. The molecule has 0 amide bonds. The van der Waals surface area contributed by atoms with Gasteiger partial charge in [0.15, 0.2) is 0 Å². The van der Waals surface area contributed by atoms with Gasteiger partial charge in [-0.05, 0) is 52.2 Å². The van der Waals surface area contributed by atoms with E-state index in [9.17, 15) is 4.39 Å². The van der Waals surface area contributed by atoms with E-state index < -0.39 is 0 Å². The van der Waals surface area contributed by atoms with Crippen molar-refractivity contribution in [1.29, 1.82) is 0 Å². The van der Waals surface area contributed by atoms with E-state index in [0.717, 1.165) is 29.0 Å². The Balaban J connectivity index is 1.87. The minimum Gasteiger partial charge on any atom is -0.370 e. The van der Waals surface area contributed by atoms with Gasteiger partial charge in [0, 0.05) is 6.54 Å². The van der Waals surface area contributed by atoms with E-state index >= 15 is 0 Å². The predicted octanol–water partition coefficient (Wildman–Crippen LogP) is 3.64. The molecule has 2 rings (SSSR count). The minimum atomic E-state index is -0.192. The normalized spacial score (nSPS) is 10.2. The van der Waals surface area contributed by atoms with Crippen molar-refractivity contribution in [2.45, 2.75) is 6.42 Å². The van der Waals surface area contributed by atoms with Gasteiger partial charge in [0.1, 0.15) is 16.2 Å². The van der Waals surface area contributed by atoms with Gasteiger partial charge < -0.3 is 5.32 Å². The van der Waals surface area contributed by atoms with E-state index in [1.807, 2.05) is 24.3 Å². The van der Waals surface area contributed by atoms with E-state index in [1.54, 1.807) is 12.1 Å². The fourth-order valence-corrected chi connectivity index (χ4v) is 1.88. The molecule has 0 spiro atoms. The number of benzene rings is 1. The smallest absolute Gasteiger partial charge is 0.127 e. The zero-order valence-electron chi connectivity index (χ0n) is 9.16. The molecule has 0 aliphatic rings. The number of nitrogens with zero attached hydrogens (tertiary/aromatic N) is 1. The highest BCUT2D eigenvalue weighted by Crippen LogP contribution is 2.10. The van der Waals surface area contributed by atoms with Crippen molar-refractivity contribution < 1.29 is 4.39 Å². The van der Waals surface area contributed by atoms with Crippen LogP contribution in [0.2, 0.25) is 0 Å². The molecule has 0 atom stereocenters. The van der Waals surface area contributed by atoms with Gasteiger partial charge in [-0.3, -0.25) is 0 Å². The maximum absolute atomic E-state index is 12.9. The molecule has 0 fully saturated rings. The molecule has 0 bridgehead atoms. The van der Waals surface area contributed by atoms with Crippen LogP contribution >= 0.6 is 15.9 Å². The molecule has 1 aromatic heterocycles. The molecule has 2 aromatic rings. The Morgan fingerprint density at radius 3 is 2.76 bits per heavy atom. The van der Waals surface area contributed by atoms with Gasteiger partial charge in [-0.1, -0.05) is 18.2 Å². The molecule has 1 heterocycles. The third-order valence-electron chi connectivity index (χ3n) is 2.32. The third-order valence-corrected chi connectivity index (χ3v) is 2.77. The Hall–Kier alpha value is -1.42. The van der Waals surface area contributed by atoms with Gasteiger partial charge in [0.05, 0.1) is 0 Å². The molecule has 17 heavy (non-hydrogen) atoms. The molecule has 0 radical (unpaired) electrons. The molecule has 4 heteroatoms. The van der Waals surface area contributed by atoms with Gasteiger partial charge >= 0.3 is 0 Å². The molecule has 0 saturated carbocycles. The summed E-state index contributed by atoms with van der Waals surface area (Å²) in [5.74, 6) is 0.624. The first-order chi connectivity index (χ1) is 8.24. The Bertz CT molecular complexity index is 457. The second kappa shape index (κ2) is 5.77. The van der Waals surface area contributed by atoms with E-state index in [-0.39, 0.29) is 5.82 Å². The zero-order valence-corrected chi connectivity index (χ0v) is 10.7. The van der Waals surface area contributed by atoms with Crippen LogP contribution in [0, 0.1) is 5.82 Å². The van der Waals surface area contributed by atoms with Crippen LogP contribution in [0.3, 0.4) is 0 Å². The van der Waals surface area contributed by atoms with Crippen molar-refractivity contribution in [1.82, 2.24) is 4.98 Å². The van der Waals surface area contributed by atoms with Crippen LogP contribution in [0.25, 0.3) is 0 Å². The number of anilines is 1. The second-order valence-corrected chi connectivity index (χ2v) is 4.46. The first kappa shape index (κ1) is 12.0. The quantitative estimate of drug-likeness (QED) is 0.871. The molecule has 1 N–H and O–H groups in total. The van der Waals surface area contributed by atoms with Crippen LogP contribution in [0.1, 0.15) is 5.56 Å². The molecule has 2 nitrogen and oxygen atoms in total. The molecule has 0 aliphatic carbocycles. The van der Waals surface area contributed by atoms with Crippen molar-refractivity contribution in [2.24, 2.45) is 0 Å². The number of halogens is 2. The lowest BCUT2D eigenvalue weighted by Crippen LogP contribution is -2.06. The highest BCUT2D eigenvalue weighted by Gasteiger charge is 1.97. The first-order valence-corrected chi connectivity index (χ1v) is 6.14. The fraction of sp³-hybridized carbons (Fsp3) is 0.154. The number of pyridine rings is 1. The van der Waals surface area contributed by atoms with Crippen molar-refractivity contribution in [2.75, 3.05) is 11.9 Å². The average Bonchev–Trinajstić information content (AvgIpc) is 2.29. The largest absolute Gasteiger partial charge is 0.370 e. The van der Waals surface area contributed by atoms with Gasteiger partial charge in [0.2, 0.25) is 0 Å². The van der Waals surface area contributed by atoms with Crippen LogP contribution in [0.4, 0.5) is 10.2 Å². The van der Waals surface area contributed by atoms with E-state index in [2.05, 4.69) is 26.2 Å². The number of nitrogens with one attached hydrogen (secondary N) is 1. The summed E-state index contributed by atoms with van der Waals surface area (Å²) in [4.78, 5) is 4.25. The standard InChI is InChI=1S/C13H12BrFN2/c14-12-5-2-6-13(17-12)16-8-7-10-3-1-4-11(15)9-10/h1-6,9H,7-8H2,(H,16,17). The van der Waals surface area contributed by atoms with Gasteiger partial charge in [-0.2, -0.15) is 0 Å². The highest BCUT2D eigenvalue weighted by atomic mass is 79.9. The summed E-state index contributed by atoms with van der Waals surface area (Å²) in [6.45, 7) is 0.729. The molecule has 0 aliphatic heterocycles. The van der Waals surface area contributed by atoms with E-state index in [1.165, 1.54) is 6.07 Å². The molecule has 88 valence electrons. The van der Waals surface area contributed by atoms with E-state index in [0.29, 0.717) is 0 Å². The van der Waals surface area contributed by atoms with E-state index in [4.69, 9.17) is 0 Å². The fourth-order valence-electron chi connectivity index (χ4n) is 1.53. The Morgan fingerprint density at radius 2 is 2.00 bits per heavy atom. The maximum Gasteiger partial charge on any atom is 0.127 e. The Labute approximate surface area is 108 Å². The third kappa shape index (κ3) is 3.82. The van der Waals surface area contributed by atoms with Crippen molar-refractivity contribution in [3.8, 4) is 0 Å². The second-order valence-electron chi connectivity index (χ2n) is 3.65. The molecule has 1 aromatic carbocycles. The van der Waals surface area contributed by atoms with Crippen LogP contribution < -0.4 is 5.32 Å². The number of rotatable bonds is 4. The SMILES string of the molecule is Fc1cccc(CCNc2cccc(Br)n2)c1. The zero-order chi connectivity index (χ0) is 12.1. The maximum atomic E-state index is 12.9. The Kier molecular flexibility index (Phi) is 4.09. The van der Waals surface area contributed by atoms with Crippen molar-refractivity contribution >= 4 is 21.7 Å². The van der Waals surface area contributed by atoms with Gasteiger partial charge in [-0.15, -0.1) is 0 Å². The lowest BCUT2D eigenvalue weighted by atomic mass is 10.1. The average molecular weight is 295 g/mol. The van der Waals surface area contributed by atoms with Crippen LogP contribution in [-0.4, -0.2) is 11.5 Å². The van der Waals surface area contributed by atoms with Crippen LogP contribution in [0.5, 0.6) is 0 Å². The lowest BCUT2D eigenvalue weighted by Gasteiger charge is -2.05. The Morgan fingerprint density at radius 1 is 1.18 bits per heavy atom. The summed E-state index contributed by atoms with van der Waals surface area (Å²) in [6, 6.07) is 12.3. The van der Waals surface area contributed by atoms with Crippen molar-refractivity contribution in [3.05, 3.63) is 58.4 Å². The molecular weight excluding hydrogens is 283 g/mol. The topological polar surface area (TPSA) is 24.9 Å². The van der Waals surface area contributed by atoms with Crippen LogP contribution in [-0.2, 0) is 6.42 Å². The monoisotopic (exact) mass is 294 g/mol. The molecular formula is C13H12BrFN2. The summed E-state index contributed by atoms with van der Waals surface area (Å²) < 4.78 is 13.7. The molecule has 0 unspecified atom stereocenters. The number of aromatic nitrogens is 1. The molecule has 0 saturated heterocycles.